The maximum Gasteiger partial charge on any atom is 0.310 e. The zero-order valence-corrected chi connectivity index (χ0v) is 13.4. The molecule has 1 rings (SSSR count). The minimum absolute atomic E-state index is 0.195. The van der Waals surface area contributed by atoms with Crippen LogP contribution in [-0.4, -0.2) is 25.2 Å². The minimum atomic E-state index is -0.243. The molecule has 0 aromatic heterocycles. The number of esters is 2. The summed E-state index contributed by atoms with van der Waals surface area (Å²) in [6.45, 7) is 4.36. The van der Waals surface area contributed by atoms with Crippen LogP contribution in [0.15, 0.2) is 22.7 Å². The number of carbonyl (C=O) groups is 2. The molecule has 0 bridgehead atoms. The lowest BCUT2D eigenvalue weighted by Gasteiger charge is -2.07. The summed E-state index contributed by atoms with van der Waals surface area (Å²) in [5.74, 6) is -0.438. The summed E-state index contributed by atoms with van der Waals surface area (Å²) in [6, 6.07) is 5.72. The summed E-state index contributed by atoms with van der Waals surface area (Å²) in [4.78, 5) is 22.7. The van der Waals surface area contributed by atoms with Gasteiger partial charge in [-0.2, -0.15) is 0 Å². The third kappa shape index (κ3) is 5.74. The van der Waals surface area contributed by atoms with E-state index in [4.69, 9.17) is 9.47 Å². The molecule has 0 N–H and O–H groups in total. The van der Waals surface area contributed by atoms with Crippen LogP contribution in [0.3, 0.4) is 0 Å². The summed E-state index contributed by atoms with van der Waals surface area (Å²) in [6.07, 6.45) is 1.22. The number of hydrogen-bond acceptors (Lipinski definition) is 4. The van der Waals surface area contributed by atoms with Gasteiger partial charge in [0.25, 0.3) is 0 Å². The van der Waals surface area contributed by atoms with Crippen LogP contribution in [0.2, 0.25) is 0 Å². The van der Waals surface area contributed by atoms with Crippen molar-refractivity contribution >= 4 is 27.9 Å². The predicted molar refractivity (Wildman–Crippen MR) is 79.4 cm³/mol. The van der Waals surface area contributed by atoms with E-state index in [1.54, 1.807) is 13.8 Å². The molecule has 20 heavy (non-hydrogen) atoms. The summed E-state index contributed by atoms with van der Waals surface area (Å²) < 4.78 is 10.7. The molecular formula is C15H19BrO4. The van der Waals surface area contributed by atoms with Gasteiger partial charge in [-0.25, -0.2) is 0 Å². The lowest BCUT2D eigenvalue weighted by atomic mass is 10.1. The zero-order valence-electron chi connectivity index (χ0n) is 11.8. The normalized spacial score (nSPS) is 10.2. The fourth-order valence-electron chi connectivity index (χ4n) is 1.74. The van der Waals surface area contributed by atoms with Gasteiger partial charge in [0, 0.05) is 10.9 Å². The average molecular weight is 343 g/mol. The van der Waals surface area contributed by atoms with Crippen molar-refractivity contribution in [2.75, 3.05) is 13.2 Å². The van der Waals surface area contributed by atoms with Crippen molar-refractivity contribution in [3.05, 3.63) is 33.8 Å². The molecule has 0 fully saturated rings. The largest absolute Gasteiger partial charge is 0.466 e. The molecule has 1 aromatic rings. The van der Waals surface area contributed by atoms with Gasteiger partial charge >= 0.3 is 11.9 Å². The highest BCUT2D eigenvalue weighted by atomic mass is 79.9. The van der Waals surface area contributed by atoms with Crippen molar-refractivity contribution in [3.63, 3.8) is 0 Å². The summed E-state index contributed by atoms with van der Waals surface area (Å²) in [7, 11) is 0. The second kappa shape index (κ2) is 8.74. The Morgan fingerprint density at radius 2 is 1.75 bits per heavy atom. The highest BCUT2D eigenvalue weighted by molar-refractivity contribution is 9.10. The van der Waals surface area contributed by atoms with E-state index in [-0.39, 0.29) is 18.4 Å². The van der Waals surface area contributed by atoms with Crippen molar-refractivity contribution in [3.8, 4) is 0 Å². The van der Waals surface area contributed by atoms with E-state index in [0.29, 0.717) is 26.1 Å². The van der Waals surface area contributed by atoms with E-state index in [1.165, 1.54) is 0 Å². The first-order chi connectivity index (χ1) is 9.56. The number of halogens is 1. The topological polar surface area (TPSA) is 52.6 Å². The predicted octanol–water partition coefficient (Wildman–Crippen LogP) is 3.05. The van der Waals surface area contributed by atoms with Crippen molar-refractivity contribution in [2.24, 2.45) is 0 Å². The van der Waals surface area contributed by atoms with Gasteiger partial charge < -0.3 is 9.47 Å². The van der Waals surface area contributed by atoms with Crippen LogP contribution in [0.4, 0.5) is 0 Å². The average Bonchev–Trinajstić information content (AvgIpc) is 2.40. The van der Waals surface area contributed by atoms with Gasteiger partial charge in [-0.15, -0.1) is 0 Å². The number of aryl methyl sites for hydroxylation is 1. The second-order valence-electron chi connectivity index (χ2n) is 4.21. The molecule has 0 spiro atoms. The Balaban J connectivity index is 2.59. The summed E-state index contributed by atoms with van der Waals surface area (Å²) >= 11 is 3.44. The van der Waals surface area contributed by atoms with Crippen molar-refractivity contribution in [1.29, 1.82) is 0 Å². The smallest absolute Gasteiger partial charge is 0.310 e. The second-order valence-corrected chi connectivity index (χ2v) is 5.07. The van der Waals surface area contributed by atoms with Crippen LogP contribution in [0.5, 0.6) is 0 Å². The van der Waals surface area contributed by atoms with E-state index in [9.17, 15) is 9.59 Å². The molecule has 1 aromatic carbocycles. The molecule has 0 unspecified atom stereocenters. The maximum atomic E-state index is 11.4. The third-order valence-corrected chi connectivity index (χ3v) is 3.42. The molecule has 0 aliphatic heterocycles. The summed E-state index contributed by atoms with van der Waals surface area (Å²) in [5.41, 5.74) is 1.90. The Labute approximate surface area is 127 Å². The van der Waals surface area contributed by atoms with E-state index >= 15 is 0 Å². The molecule has 110 valence electrons. The Morgan fingerprint density at radius 1 is 1.10 bits per heavy atom. The van der Waals surface area contributed by atoms with Crippen LogP contribution >= 0.6 is 15.9 Å². The molecule has 0 radical (unpaired) electrons. The Kier molecular flexibility index (Phi) is 7.30. The van der Waals surface area contributed by atoms with Crippen LogP contribution in [0.25, 0.3) is 0 Å². The zero-order chi connectivity index (χ0) is 15.0. The quantitative estimate of drug-likeness (QED) is 0.714. The van der Waals surface area contributed by atoms with E-state index < -0.39 is 0 Å². The molecule has 0 atom stereocenters. The van der Waals surface area contributed by atoms with Crippen molar-refractivity contribution in [2.45, 2.75) is 33.1 Å². The fourth-order valence-corrected chi connectivity index (χ4v) is 2.30. The molecule has 0 aliphatic carbocycles. The fraction of sp³-hybridized carbons (Fsp3) is 0.467. The maximum absolute atomic E-state index is 11.4. The van der Waals surface area contributed by atoms with Crippen LogP contribution in [0.1, 0.15) is 31.4 Å². The van der Waals surface area contributed by atoms with Gasteiger partial charge in [0.1, 0.15) is 0 Å². The highest BCUT2D eigenvalue weighted by Gasteiger charge is 2.09. The number of carbonyl (C=O) groups excluding carboxylic acids is 2. The van der Waals surface area contributed by atoms with E-state index in [0.717, 1.165) is 15.6 Å². The number of rotatable bonds is 7. The Bertz CT molecular complexity index is 471. The lowest BCUT2D eigenvalue weighted by Crippen LogP contribution is -2.08. The van der Waals surface area contributed by atoms with Crippen LogP contribution in [0, 0.1) is 0 Å². The monoisotopic (exact) mass is 342 g/mol. The van der Waals surface area contributed by atoms with Crippen LogP contribution in [-0.2, 0) is 31.9 Å². The first-order valence-corrected chi connectivity index (χ1v) is 7.44. The molecule has 4 nitrogen and oxygen atoms in total. The molecule has 0 aliphatic rings. The Morgan fingerprint density at radius 3 is 2.35 bits per heavy atom. The van der Waals surface area contributed by atoms with E-state index in [2.05, 4.69) is 15.9 Å². The number of ether oxygens (including phenoxy) is 2. The van der Waals surface area contributed by atoms with Crippen molar-refractivity contribution in [1.82, 2.24) is 0 Å². The minimum Gasteiger partial charge on any atom is -0.466 e. The van der Waals surface area contributed by atoms with Gasteiger partial charge in [0.05, 0.1) is 19.6 Å². The molecule has 0 amide bonds. The van der Waals surface area contributed by atoms with Crippen LogP contribution < -0.4 is 0 Å². The number of hydrogen-bond donors (Lipinski definition) is 0. The van der Waals surface area contributed by atoms with Gasteiger partial charge in [-0.05, 0) is 37.5 Å². The summed E-state index contributed by atoms with van der Waals surface area (Å²) in [5, 5.41) is 0. The molecule has 5 heteroatoms. The number of benzene rings is 1. The SMILES string of the molecule is CCOC(=O)CCc1ccc(CC(=O)OCC)c(Br)c1. The highest BCUT2D eigenvalue weighted by Crippen LogP contribution is 2.20. The molecule has 0 saturated heterocycles. The molecular weight excluding hydrogens is 324 g/mol. The van der Waals surface area contributed by atoms with Gasteiger partial charge in [-0.1, -0.05) is 28.1 Å². The van der Waals surface area contributed by atoms with Gasteiger partial charge in [-0.3, -0.25) is 9.59 Å². The Hall–Kier alpha value is -1.36. The third-order valence-electron chi connectivity index (χ3n) is 2.68. The standard InChI is InChI=1S/C15H19BrO4/c1-3-19-14(17)8-6-11-5-7-12(13(16)9-11)10-15(18)20-4-2/h5,7,9H,3-4,6,8,10H2,1-2H3. The van der Waals surface area contributed by atoms with Gasteiger partial charge in [0.2, 0.25) is 0 Å². The van der Waals surface area contributed by atoms with Gasteiger partial charge in [0.15, 0.2) is 0 Å². The first-order valence-electron chi connectivity index (χ1n) is 6.65. The molecule has 0 heterocycles. The first kappa shape index (κ1) is 16.7. The van der Waals surface area contributed by atoms with E-state index in [1.807, 2.05) is 18.2 Å². The lowest BCUT2D eigenvalue weighted by molar-refractivity contribution is -0.143. The van der Waals surface area contributed by atoms with Crippen molar-refractivity contribution < 1.29 is 19.1 Å². The molecule has 0 saturated carbocycles.